The SMILES string of the molecule is Cc1ccc(-c2ccc(C(=O)CCS(=O)[O-])cc2)cc1. The smallest absolute Gasteiger partial charge is 0.163 e. The van der Waals surface area contributed by atoms with Crippen molar-refractivity contribution in [3.63, 3.8) is 0 Å². The second-order valence-corrected chi connectivity index (χ2v) is 5.64. The van der Waals surface area contributed by atoms with Gasteiger partial charge in [-0.2, -0.15) is 0 Å². The van der Waals surface area contributed by atoms with Crippen molar-refractivity contribution in [3.05, 3.63) is 59.7 Å². The van der Waals surface area contributed by atoms with Crippen LogP contribution < -0.4 is 0 Å². The zero-order valence-electron chi connectivity index (χ0n) is 11.2. The molecule has 2 aromatic carbocycles. The van der Waals surface area contributed by atoms with Gasteiger partial charge in [-0.25, -0.2) is 0 Å². The van der Waals surface area contributed by atoms with Crippen molar-refractivity contribution < 1.29 is 13.6 Å². The van der Waals surface area contributed by atoms with Gasteiger partial charge in [0.25, 0.3) is 0 Å². The highest BCUT2D eigenvalue weighted by Gasteiger charge is 2.06. The van der Waals surface area contributed by atoms with Crippen LogP contribution in [0.25, 0.3) is 11.1 Å². The zero-order chi connectivity index (χ0) is 14.5. The Hall–Kier alpha value is -1.78. The Labute approximate surface area is 120 Å². The molecule has 104 valence electrons. The zero-order valence-corrected chi connectivity index (χ0v) is 12.0. The van der Waals surface area contributed by atoms with Crippen molar-refractivity contribution in [3.8, 4) is 11.1 Å². The van der Waals surface area contributed by atoms with E-state index >= 15 is 0 Å². The molecular formula is C16H15O3S-. The van der Waals surface area contributed by atoms with Crippen molar-refractivity contribution in [1.82, 2.24) is 0 Å². The lowest BCUT2D eigenvalue weighted by molar-refractivity contribution is 0.0988. The molecule has 0 saturated carbocycles. The molecule has 1 atom stereocenters. The molecule has 0 saturated heterocycles. The van der Waals surface area contributed by atoms with Crippen LogP contribution in [-0.4, -0.2) is 20.3 Å². The first-order valence-electron chi connectivity index (χ1n) is 6.32. The van der Waals surface area contributed by atoms with Crippen LogP contribution in [0.2, 0.25) is 0 Å². The van der Waals surface area contributed by atoms with Crippen molar-refractivity contribution in [2.75, 3.05) is 5.75 Å². The molecule has 0 N–H and O–H groups in total. The molecule has 0 aromatic heterocycles. The van der Waals surface area contributed by atoms with Crippen LogP contribution in [0.5, 0.6) is 0 Å². The van der Waals surface area contributed by atoms with Gasteiger partial charge in [0.2, 0.25) is 0 Å². The second-order valence-electron chi connectivity index (χ2n) is 4.62. The summed E-state index contributed by atoms with van der Waals surface area (Å²) in [6, 6.07) is 15.4. The van der Waals surface area contributed by atoms with Gasteiger partial charge in [0, 0.05) is 17.7 Å². The van der Waals surface area contributed by atoms with Crippen molar-refractivity contribution in [1.29, 1.82) is 0 Å². The van der Waals surface area contributed by atoms with Gasteiger partial charge in [0.1, 0.15) is 0 Å². The Balaban J connectivity index is 2.11. The largest absolute Gasteiger partial charge is 0.772 e. The first-order valence-corrected chi connectivity index (χ1v) is 7.57. The third kappa shape index (κ3) is 3.85. The molecule has 0 radical (unpaired) electrons. The Bertz CT molecular complexity index is 615. The van der Waals surface area contributed by atoms with E-state index in [0.29, 0.717) is 5.56 Å². The molecular weight excluding hydrogens is 272 g/mol. The molecule has 1 unspecified atom stereocenters. The summed E-state index contributed by atoms with van der Waals surface area (Å²) in [4.78, 5) is 11.8. The van der Waals surface area contributed by atoms with E-state index in [0.717, 1.165) is 11.1 Å². The highest BCUT2D eigenvalue weighted by Crippen LogP contribution is 2.20. The van der Waals surface area contributed by atoms with Crippen molar-refractivity contribution in [2.24, 2.45) is 0 Å². The number of ketones is 1. The van der Waals surface area contributed by atoms with E-state index in [9.17, 15) is 13.6 Å². The molecule has 4 heteroatoms. The number of aryl methyl sites for hydroxylation is 1. The fourth-order valence-corrected chi connectivity index (χ4v) is 2.27. The third-order valence-electron chi connectivity index (χ3n) is 3.09. The van der Waals surface area contributed by atoms with E-state index in [1.165, 1.54) is 5.56 Å². The van der Waals surface area contributed by atoms with Crippen molar-refractivity contribution >= 4 is 16.9 Å². The first kappa shape index (κ1) is 14.6. The molecule has 0 fully saturated rings. The lowest BCUT2D eigenvalue weighted by Crippen LogP contribution is -2.05. The predicted molar refractivity (Wildman–Crippen MR) is 79.3 cm³/mol. The minimum atomic E-state index is -2.17. The summed E-state index contributed by atoms with van der Waals surface area (Å²) in [6.07, 6.45) is 0.0278. The monoisotopic (exact) mass is 287 g/mol. The number of rotatable bonds is 5. The Morgan fingerprint density at radius 3 is 2.00 bits per heavy atom. The van der Waals surface area contributed by atoms with Crippen LogP contribution in [0, 0.1) is 6.92 Å². The standard InChI is InChI=1S/C16H16O3S/c1-12-2-4-13(5-3-12)14-6-8-15(9-7-14)16(17)10-11-20(18)19/h2-9H,10-11H2,1H3,(H,18,19)/p-1. The van der Waals surface area contributed by atoms with E-state index in [4.69, 9.17) is 0 Å². The molecule has 0 spiro atoms. The molecule has 0 heterocycles. The van der Waals surface area contributed by atoms with Gasteiger partial charge in [-0.3, -0.25) is 9.00 Å². The van der Waals surface area contributed by atoms with Crippen LogP contribution in [0.3, 0.4) is 0 Å². The minimum absolute atomic E-state index is 0.0278. The summed E-state index contributed by atoms with van der Waals surface area (Å²) in [5, 5.41) is 0. The second kappa shape index (κ2) is 6.59. The van der Waals surface area contributed by atoms with Gasteiger partial charge in [0.05, 0.1) is 0 Å². The van der Waals surface area contributed by atoms with Crippen LogP contribution in [0.1, 0.15) is 22.3 Å². The maximum Gasteiger partial charge on any atom is 0.163 e. The summed E-state index contributed by atoms with van der Waals surface area (Å²) < 4.78 is 20.9. The molecule has 0 aliphatic rings. The van der Waals surface area contributed by atoms with Crippen LogP contribution >= 0.6 is 0 Å². The van der Waals surface area contributed by atoms with Gasteiger partial charge >= 0.3 is 0 Å². The van der Waals surface area contributed by atoms with E-state index in [2.05, 4.69) is 0 Å². The quantitative estimate of drug-likeness (QED) is 0.627. The normalized spacial score (nSPS) is 12.1. The highest BCUT2D eigenvalue weighted by molar-refractivity contribution is 7.79. The molecule has 0 amide bonds. The topological polar surface area (TPSA) is 57.2 Å². The Morgan fingerprint density at radius 2 is 1.50 bits per heavy atom. The predicted octanol–water partition coefficient (Wildman–Crippen LogP) is 3.11. The van der Waals surface area contributed by atoms with Crippen LogP contribution in [-0.2, 0) is 11.1 Å². The number of carbonyl (C=O) groups excluding carboxylic acids is 1. The molecule has 2 aromatic rings. The average molecular weight is 287 g/mol. The van der Waals surface area contributed by atoms with Crippen LogP contribution in [0.4, 0.5) is 0 Å². The van der Waals surface area contributed by atoms with E-state index < -0.39 is 11.1 Å². The highest BCUT2D eigenvalue weighted by atomic mass is 32.2. The molecule has 20 heavy (non-hydrogen) atoms. The first-order chi connectivity index (χ1) is 9.56. The summed E-state index contributed by atoms with van der Waals surface area (Å²) in [7, 11) is 0. The number of hydrogen-bond donors (Lipinski definition) is 0. The lowest BCUT2D eigenvalue weighted by Gasteiger charge is -2.06. The Kier molecular flexibility index (Phi) is 4.82. The summed E-state index contributed by atoms with van der Waals surface area (Å²) in [5.41, 5.74) is 3.88. The third-order valence-corrected chi connectivity index (χ3v) is 3.63. The lowest BCUT2D eigenvalue weighted by atomic mass is 10.0. The van der Waals surface area contributed by atoms with Gasteiger partial charge in [-0.15, -0.1) is 0 Å². The van der Waals surface area contributed by atoms with E-state index in [-0.39, 0.29) is 18.0 Å². The minimum Gasteiger partial charge on any atom is -0.772 e. The summed E-state index contributed by atoms with van der Waals surface area (Å²) >= 11 is -2.17. The summed E-state index contributed by atoms with van der Waals surface area (Å²) in [6.45, 7) is 2.03. The number of hydrogen-bond acceptors (Lipinski definition) is 3. The molecule has 0 aliphatic heterocycles. The van der Waals surface area contributed by atoms with Gasteiger partial charge in [-0.1, -0.05) is 65.2 Å². The molecule has 2 rings (SSSR count). The average Bonchev–Trinajstić information content (AvgIpc) is 2.46. The Morgan fingerprint density at radius 1 is 1.00 bits per heavy atom. The maximum atomic E-state index is 11.8. The summed E-state index contributed by atoms with van der Waals surface area (Å²) in [5.74, 6) is -0.275. The van der Waals surface area contributed by atoms with E-state index in [1.54, 1.807) is 12.1 Å². The molecule has 3 nitrogen and oxygen atoms in total. The van der Waals surface area contributed by atoms with Gasteiger partial charge in [0.15, 0.2) is 5.78 Å². The van der Waals surface area contributed by atoms with Crippen molar-refractivity contribution in [2.45, 2.75) is 13.3 Å². The maximum absolute atomic E-state index is 11.8. The number of benzene rings is 2. The number of Topliss-reactive ketones (excluding diaryl/α,β-unsaturated/α-hetero) is 1. The van der Waals surface area contributed by atoms with Gasteiger partial charge < -0.3 is 4.55 Å². The fourth-order valence-electron chi connectivity index (χ4n) is 1.91. The fraction of sp³-hybridized carbons (Fsp3) is 0.188. The van der Waals surface area contributed by atoms with Gasteiger partial charge in [-0.05, 0) is 18.1 Å². The van der Waals surface area contributed by atoms with Crippen LogP contribution in [0.15, 0.2) is 48.5 Å². The molecule has 0 aliphatic carbocycles. The van der Waals surface area contributed by atoms with E-state index in [1.807, 2.05) is 43.3 Å². The molecule has 0 bridgehead atoms. The number of carbonyl (C=O) groups is 1.